The van der Waals surface area contributed by atoms with Gasteiger partial charge in [0.2, 0.25) is 0 Å². The summed E-state index contributed by atoms with van der Waals surface area (Å²) in [4.78, 5) is 11.1. The molecule has 3 aromatic rings. The van der Waals surface area contributed by atoms with Crippen LogP contribution in [0.3, 0.4) is 0 Å². The lowest BCUT2D eigenvalue weighted by molar-refractivity contribution is 0.353. The number of rotatable bonds is 4. The Labute approximate surface area is 151 Å². The van der Waals surface area contributed by atoms with Crippen LogP contribution < -0.4 is 14.4 Å². The van der Waals surface area contributed by atoms with Crippen LogP contribution in [0.5, 0.6) is 11.5 Å². The molecule has 1 aliphatic rings. The van der Waals surface area contributed by atoms with Crippen LogP contribution in [0.2, 0.25) is 0 Å². The number of nitrogens with zero attached hydrogens (tertiary/aromatic N) is 6. The number of aromatic nitrogens is 5. The number of ether oxygens (including phenoxy) is 2. The van der Waals surface area contributed by atoms with Crippen LogP contribution in [-0.2, 0) is 13.0 Å². The standard InChI is InChI=1S/C18H22N6O2/c1-5-24-18-16(21-22-24)17(19-10-20-18)23-7-6-12-8-14(25-3)15(26-4)9-13(12)11(23)2/h8-11H,5-7H2,1-4H3/t11-/m1/s1. The van der Waals surface area contributed by atoms with Crippen molar-refractivity contribution in [1.82, 2.24) is 25.0 Å². The van der Waals surface area contributed by atoms with Crippen molar-refractivity contribution in [2.24, 2.45) is 0 Å². The van der Waals surface area contributed by atoms with Crippen LogP contribution in [0.4, 0.5) is 5.82 Å². The second-order valence-corrected chi connectivity index (χ2v) is 6.30. The molecule has 8 nitrogen and oxygen atoms in total. The highest BCUT2D eigenvalue weighted by Crippen LogP contribution is 2.40. The molecule has 1 aromatic carbocycles. The third-order valence-electron chi connectivity index (χ3n) is 5.04. The van der Waals surface area contributed by atoms with Crippen LogP contribution in [0.15, 0.2) is 18.5 Å². The summed E-state index contributed by atoms with van der Waals surface area (Å²) in [5.41, 5.74) is 3.99. The van der Waals surface area contributed by atoms with Crippen LogP contribution in [0, 0.1) is 0 Å². The van der Waals surface area contributed by atoms with Gasteiger partial charge in [-0.05, 0) is 43.5 Å². The van der Waals surface area contributed by atoms with Gasteiger partial charge in [-0.15, -0.1) is 5.10 Å². The van der Waals surface area contributed by atoms with Crippen molar-refractivity contribution < 1.29 is 9.47 Å². The highest BCUT2D eigenvalue weighted by molar-refractivity contribution is 5.83. The Balaban J connectivity index is 1.78. The van der Waals surface area contributed by atoms with Crippen LogP contribution in [-0.4, -0.2) is 45.7 Å². The molecule has 26 heavy (non-hydrogen) atoms. The zero-order valence-electron chi connectivity index (χ0n) is 15.4. The lowest BCUT2D eigenvalue weighted by atomic mass is 9.92. The molecule has 0 amide bonds. The minimum absolute atomic E-state index is 0.128. The quantitative estimate of drug-likeness (QED) is 0.712. The minimum Gasteiger partial charge on any atom is -0.493 e. The van der Waals surface area contributed by atoms with Gasteiger partial charge in [0.15, 0.2) is 28.5 Å². The number of hydrogen-bond acceptors (Lipinski definition) is 7. The molecule has 136 valence electrons. The lowest BCUT2D eigenvalue weighted by Gasteiger charge is -2.36. The van der Waals surface area contributed by atoms with Gasteiger partial charge in [0, 0.05) is 13.1 Å². The molecule has 0 radical (unpaired) electrons. The number of anilines is 1. The first-order chi connectivity index (χ1) is 12.7. The largest absolute Gasteiger partial charge is 0.493 e. The Morgan fingerprint density at radius 3 is 2.65 bits per heavy atom. The van der Waals surface area contributed by atoms with Gasteiger partial charge in [0.1, 0.15) is 6.33 Å². The van der Waals surface area contributed by atoms with Gasteiger partial charge in [0.05, 0.1) is 20.3 Å². The lowest BCUT2D eigenvalue weighted by Crippen LogP contribution is -2.34. The van der Waals surface area contributed by atoms with Crippen molar-refractivity contribution in [2.75, 3.05) is 25.7 Å². The van der Waals surface area contributed by atoms with Crippen molar-refractivity contribution in [3.05, 3.63) is 29.6 Å². The van der Waals surface area contributed by atoms with E-state index in [4.69, 9.17) is 9.47 Å². The second kappa shape index (κ2) is 6.44. The fraction of sp³-hybridized carbons (Fsp3) is 0.444. The Kier molecular flexibility index (Phi) is 4.10. The number of hydrogen-bond donors (Lipinski definition) is 0. The van der Waals surface area contributed by atoms with Crippen molar-refractivity contribution in [1.29, 1.82) is 0 Å². The highest BCUT2D eigenvalue weighted by Gasteiger charge is 2.29. The number of fused-ring (bicyclic) bond motifs is 2. The first-order valence-electron chi connectivity index (χ1n) is 8.73. The zero-order valence-corrected chi connectivity index (χ0v) is 15.4. The molecule has 0 spiro atoms. The van der Waals surface area contributed by atoms with Gasteiger partial charge < -0.3 is 14.4 Å². The summed E-state index contributed by atoms with van der Waals surface area (Å²) in [6, 6.07) is 4.26. The predicted molar refractivity (Wildman–Crippen MR) is 97.8 cm³/mol. The topological polar surface area (TPSA) is 78.2 Å². The van der Waals surface area contributed by atoms with Crippen molar-refractivity contribution in [3.63, 3.8) is 0 Å². The maximum Gasteiger partial charge on any atom is 0.183 e. The van der Waals surface area contributed by atoms with E-state index in [0.717, 1.165) is 48.0 Å². The first-order valence-corrected chi connectivity index (χ1v) is 8.73. The molecule has 1 atom stereocenters. The highest BCUT2D eigenvalue weighted by atomic mass is 16.5. The van der Waals surface area contributed by atoms with E-state index in [9.17, 15) is 0 Å². The van der Waals surface area contributed by atoms with Crippen molar-refractivity contribution >= 4 is 17.0 Å². The summed E-state index contributed by atoms with van der Waals surface area (Å²) in [7, 11) is 3.32. The summed E-state index contributed by atoms with van der Waals surface area (Å²) in [6.07, 6.45) is 2.48. The maximum absolute atomic E-state index is 5.48. The number of aryl methyl sites for hydroxylation is 1. The zero-order chi connectivity index (χ0) is 18.3. The molecule has 0 saturated heterocycles. The first kappa shape index (κ1) is 16.6. The molecule has 0 unspecified atom stereocenters. The van der Waals surface area contributed by atoms with Crippen LogP contribution in [0.25, 0.3) is 11.2 Å². The van der Waals surface area contributed by atoms with Crippen molar-refractivity contribution in [3.8, 4) is 11.5 Å². The fourth-order valence-electron chi connectivity index (χ4n) is 3.64. The number of methoxy groups -OCH3 is 2. The Bertz CT molecular complexity index is 954. The van der Waals surface area contributed by atoms with E-state index in [1.54, 1.807) is 25.2 Å². The smallest absolute Gasteiger partial charge is 0.183 e. The third kappa shape index (κ3) is 2.44. The molecule has 0 fully saturated rings. The molecule has 8 heteroatoms. The predicted octanol–water partition coefficient (Wildman–Crippen LogP) is 2.38. The Hall–Kier alpha value is -2.90. The Morgan fingerprint density at radius 1 is 1.15 bits per heavy atom. The van der Waals surface area contributed by atoms with Gasteiger partial charge in [-0.1, -0.05) is 5.21 Å². The summed E-state index contributed by atoms with van der Waals surface area (Å²) >= 11 is 0. The van der Waals surface area contributed by atoms with Gasteiger partial charge in [-0.25, -0.2) is 14.6 Å². The summed E-state index contributed by atoms with van der Waals surface area (Å²) in [5.74, 6) is 2.33. The molecule has 1 aliphatic heterocycles. The van der Waals surface area contributed by atoms with Gasteiger partial charge in [0.25, 0.3) is 0 Å². The van der Waals surface area contributed by atoms with E-state index in [-0.39, 0.29) is 6.04 Å². The maximum atomic E-state index is 5.48. The second-order valence-electron chi connectivity index (χ2n) is 6.30. The molecular weight excluding hydrogens is 332 g/mol. The van der Waals surface area contributed by atoms with Gasteiger partial charge in [-0.2, -0.15) is 0 Å². The molecule has 0 bridgehead atoms. The Morgan fingerprint density at radius 2 is 1.92 bits per heavy atom. The van der Waals surface area contributed by atoms with E-state index in [1.807, 2.05) is 6.92 Å². The average molecular weight is 354 g/mol. The summed E-state index contributed by atoms with van der Waals surface area (Å²) in [5, 5.41) is 8.51. The van der Waals surface area contributed by atoms with Gasteiger partial charge >= 0.3 is 0 Å². The fourth-order valence-corrected chi connectivity index (χ4v) is 3.64. The van der Waals surface area contributed by atoms with Crippen LogP contribution >= 0.6 is 0 Å². The van der Waals surface area contributed by atoms with E-state index >= 15 is 0 Å². The molecule has 2 aromatic heterocycles. The molecule has 0 N–H and O–H groups in total. The molecule has 0 aliphatic carbocycles. The molecule has 3 heterocycles. The SMILES string of the molecule is CCn1nnc2c(N3CCc4cc(OC)c(OC)cc4[C@H]3C)ncnc21. The van der Waals surface area contributed by atoms with E-state index in [1.165, 1.54) is 11.1 Å². The normalized spacial score (nSPS) is 16.6. The van der Waals surface area contributed by atoms with E-state index in [2.05, 4.69) is 44.2 Å². The number of benzene rings is 1. The van der Waals surface area contributed by atoms with E-state index < -0.39 is 0 Å². The van der Waals surface area contributed by atoms with Crippen molar-refractivity contribution in [2.45, 2.75) is 32.9 Å². The van der Waals surface area contributed by atoms with E-state index in [0.29, 0.717) is 0 Å². The van der Waals surface area contributed by atoms with Crippen LogP contribution in [0.1, 0.15) is 31.0 Å². The minimum atomic E-state index is 0.128. The molecule has 0 saturated carbocycles. The molecular formula is C18H22N6O2. The molecule has 4 rings (SSSR count). The average Bonchev–Trinajstić information content (AvgIpc) is 3.11. The summed E-state index contributed by atoms with van der Waals surface area (Å²) in [6.45, 7) is 5.76. The summed E-state index contributed by atoms with van der Waals surface area (Å²) < 4.78 is 12.7. The van der Waals surface area contributed by atoms with Gasteiger partial charge in [-0.3, -0.25) is 0 Å². The third-order valence-corrected chi connectivity index (χ3v) is 5.04. The monoisotopic (exact) mass is 354 g/mol.